The number of thiazole rings is 1. The molecule has 0 aliphatic carbocycles. The topological polar surface area (TPSA) is 86.8 Å². The fourth-order valence-electron chi connectivity index (χ4n) is 2.46. The van der Waals surface area contributed by atoms with Crippen LogP contribution >= 0.6 is 11.3 Å². The lowest BCUT2D eigenvalue weighted by molar-refractivity contribution is -0.114. The highest BCUT2D eigenvalue weighted by molar-refractivity contribution is 7.13. The van der Waals surface area contributed by atoms with Gasteiger partial charge in [0.15, 0.2) is 5.13 Å². The zero-order valence-electron chi connectivity index (χ0n) is 14.4. The van der Waals surface area contributed by atoms with Gasteiger partial charge in [0, 0.05) is 18.9 Å². The van der Waals surface area contributed by atoms with E-state index in [1.54, 1.807) is 29.6 Å². The van der Waals surface area contributed by atoms with Gasteiger partial charge in [-0.3, -0.25) is 4.79 Å². The summed E-state index contributed by atoms with van der Waals surface area (Å²) < 4.78 is 16.4. The van der Waals surface area contributed by atoms with E-state index >= 15 is 0 Å². The van der Waals surface area contributed by atoms with Crippen LogP contribution in [0.5, 0.6) is 5.75 Å². The molecule has 138 valence electrons. The summed E-state index contributed by atoms with van der Waals surface area (Å²) in [6.07, 6.45) is 2.24. The van der Waals surface area contributed by atoms with Gasteiger partial charge in [0.25, 0.3) is 0 Å². The van der Waals surface area contributed by atoms with Gasteiger partial charge in [0.05, 0.1) is 17.4 Å². The number of hydrogen-bond acceptors (Lipinski definition) is 7. The van der Waals surface area contributed by atoms with Gasteiger partial charge < -0.3 is 19.5 Å². The van der Waals surface area contributed by atoms with E-state index in [1.165, 1.54) is 18.3 Å². The van der Waals surface area contributed by atoms with Crippen molar-refractivity contribution in [3.63, 3.8) is 0 Å². The van der Waals surface area contributed by atoms with Crippen molar-refractivity contribution in [2.24, 2.45) is 0 Å². The molecule has 1 saturated heterocycles. The number of hydrogen-bond donors (Lipinski definition) is 1. The first-order valence-electron chi connectivity index (χ1n) is 8.34. The van der Waals surface area contributed by atoms with Crippen LogP contribution in [-0.4, -0.2) is 36.2 Å². The largest absolute Gasteiger partial charge is 0.491 e. The van der Waals surface area contributed by atoms with Gasteiger partial charge in [-0.25, -0.2) is 9.78 Å². The van der Waals surface area contributed by atoms with Crippen LogP contribution in [0.15, 0.2) is 29.6 Å². The number of esters is 1. The lowest BCUT2D eigenvalue weighted by atomic mass is 10.2. The minimum Gasteiger partial charge on any atom is -0.491 e. The molecule has 0 spiro atoms. The van der Waals surface area contributed by atoms with Crippen molar-refractivity contribution in [2.75, 3.05) is 18.5 Å². The number of amides is 1. The standard InChI is InChI=1S/C18H20N2O5S/c1-12(21)19-18-20-14(11-26-18)9-25-17(22)13-4-6-15(7-5-13)24-10-16-3-2-8-23-16/h4-7,11,16H,2-3,8-10H2,1H3,(H,19,20,21)/t16-/m1/s1. The monoisotopic (exact) mass is 376 g/mol. The third kappa shape index (κ3) is 5.27. The van der Waals surface area contributed by atoms with Crippen molar-refractivity contribution in [1.82, 2.24) is 4.98 Å². The van der Waals surface area contributed by atoms with E-state index < -0.39 is 5.97 Å². The number of anilines is 1. The van der Waals surface area contributed by atoms with Crippen LogP contribution in [-0.2, 0) is 20.9 Å². The van der Waals surface area contributed by atoms with Gasteiger partial charge >= 0.3 is 5.97 Å². The smallest absolute Gasteiger partial charge is 0.338 e. The summed E-state index contributed by atoms with van der Waals surface area (Å²) >= 11 is 1.28. The van der Waals surface area contributed by atoms with Gasteiger partial charge in [-0.2, -0.15) is 0 Å². The van der Waals surface area contributed by atoms with E-state index in [0.717, 1.165) is 19.4 Å². The van der Waals surface area contributed by atoms with E-state index in [1.807, 2.05) is 0 Å². The second-order valence-corrected chi connectivity index (χ2v) is 6.73. The lowest BCUT2D eigenvalue weighted by Crippen LogP contribution is -2.16. The predicted octanol–water partition coefficient (Wildman–Crippen LogP) is 3.02. The molecule has 0 bridgehead atoms. The number of nitrogens with one attached hydrogen (secondary N) is 1. The Balaban J connectivity index is 1.46. The molecule has 8 heteroatoms. The highest BCUT2D eigenvalue weighted by atomic mass is 32.1. The maximum absolute atomic E-state index is 12.1. The zero-order chi connectivity index (χ0) is 18.4. The lowest BCUT2D eigenvalue weighted by Gasteiger charge is -2.11. The maximum Gasteiger partial charge on any atom is 0.338 e. The van der Waals surface area contributed by atoms with Crippen LogP contribution in [0.3, 0.4) is 0 Å². The first-order chi connectivity index (χ1) is 12.6. The fraction of sp³-hybridized carbons (Fsp3) is 0.389. The molecule has 0 saturated carbocycles. The average Bonchev–Trinajstić information content (AvgIpc) is 3.30. The summed E-state index contributed by atoms with van der Waals surface area (Å²) in [4.78, 5) is 27.2. The van der Waals surface area contributed by atoms with E-state index in [9.17, 15) is 9.59 Å². The van der Waals surface area contributed by atoms with E-state index in [2.05, 4.69) is 10.3 Å². The molecule has 26 heavy (non-hydrogen) atoms. The Morgan fingerprint density at radius 3 is 2.85 bits per heavy atom. The Labute approximate surface area is 155 Å². The second-order valence-electron chi connectivity index (χ2n) is 5.87. The normalized spacial score (nSPS) is 16.3. The zero-order valence-corrected chi connectivity index (χ0v) is 15.2. The molecule has 0 radical (unpaired) electrons. The SMILES string of the molecule is CC(=O)Nc1nc(COC(=O)c2ccc(OC[C@H]3CCCO3)cc2)cs1. The van der Waals surface area contributed by atoms with Crippen LogP contribution in [0, 0.1) is 0 Å². The van der Waals surface area contributed by atoms with Gasteiger partial charge in [0.2, 0.25) is 5.91 Å². The Morgan fingerprint density at radius 1 is 1.35 bits per heavy atom. The minimum absolute atomic E-state index is 0.0478. The Bertz CT molecular complexity index is 753. The maximum atomic E-state index is 12.1. The van der Waals surface area contributed by atoms with Crippen molar-refractivity contribution < 1.29 is 23.8 Å². The number of nitrogens with zero attached hydrogens (tertiary/aromatic N) is 1. The molecule has 3 rings (SSSR count). The van der Waals surface area contributed by atoms with E-state index in [0.29, 0.717) is 28.7 Å². The number of ether oxygens (including phenoxy) is 3. The third-order valence-electron chi connectivity index (χ3n) is 3.74. The van der Waals surface area contributed by atoms with Crippen molar-refractivity contribution in [2.45, 2.75) is 32.5 Å². The predicted molar refractivity (Wildman–Crippen MR) is 96.4 cm³/mol. The molecule has 2 heterocycles. The minimum atomic E-state index is -0.440. The highest BCUT2D eigenvalue weighted by Gasteiger charge is 2.16. The highest BCUT2D eigenvalue weighted by Crippen LogP contribution is 2.18. The second kappa shape index (κ2) is 8.77. The Hall–Kier alpha value is -2.45. The number of carbonyl (C=O) groups is 2. The van der Waals surface area contributed by atoms with Crippen molar-refractivity contribution in [3.05, 3.63) is 40.9 Å². The molecule has 1 amide bonds. The summed E-state index contributed by atoms with van der Waals surface area (Å²) in [5.74, 6) is 0.0611. The van der Waals surface area contributed by atoms with Crippen molar-refractivity contribution in [3.8, 4) is 5.75 Å². The van der Waals surface area contributed by atoms with Crippen LogP contribution < -0.4 is 10.1 Å². The number of rotatable bonds is 7. The summed E-state index contributed by atoms with van der Waals surface area (Å²) in [7, 11) is 0. The average molecular weight is 376 g/mol. The van der Waals surface area contributed by atoms with Crippen LogP contribution in [0.2, 0.25) is 0 Å². The van der Waals surface area contributed by atoms with Gasteiger partial charge in [-0.15, -0.1) is 11.3 Å². The molecule has 2 aromatic rings. The number of benzene rings is 1. The number of aromatic nitrogens is 1. The Morgan fingerprint density at radius 2 is 2.15 bits per heavy atom. The molecule has 1 N–H and O–H groups in total. The molecule has 1 aliphatic heterocycles. The molecule has 1 aliphatic rings. The summed E-state index contributed by atoms with van der Waals surface area (Å²) in [6.45, 7) is 2.77. The molecular weight excluding hydrogens is 356 g/mol. The Kier molecular flexibility index (Phi) is 6.19. The van der Waals surface area contributed by atoms with E-state index in [-0.39, 0.29) is 18.6 Å². The third-order valence-corrected chi connectivity index (χ3v) is 4.54. The molecule has 1 fully saturated rings. The molecule has 7 nitrogen and oxygen atoms in total. The van der Waals surface area contributed by atoms with Gasteiger partial charge in [0.1, 0.15) is 19.0 Å². The van der Waals surface area contributed by atoms with Crippen LogP contribution in [0.4, 0.5) is 5.13 Å². The number of carbonyl (C=O) groups excluding carboxylic acids is 2. The van der Waals surface area contributed by atoms with Crippen molar-refractivity contribution >= 4 is 28.3 Å². The summed E-state index contributed by atoms with van der Waals surface area (Å²) in [5, 5.41) is 4.81. The summed E-state index contributed by atoms with van der Waals surface area (Å²) in [6, 6.07) is 6.81. The first kappa shape index (κ1) is 18.3. The van der Waals surface area contributed by atoms with Gasteiger partial charge in [-0.05, 0) is 37.1 Å². The molecule has 0 unspecified atom stereocenters. The molecular formula is C18H20N2O5S. The molecule has 1 aromatic heterocycles. The van der Waals surface area contributed by atoms with Gasteiger partial charge in [-0.1, -0.05) is 0 Å². The fourth-order valence-corrected chi connectivity index (χ4v) is 3.20. The molecule has 1 aromatic carbocycles. The van der Waals surface area contributed by atoms with E-state index in [4.69, 9.17) is 14.2 Å². The molecule has 1 atom stereocenters. The first-order valence-corrected chi connectivity index (χ1v) is 9.22. The van der Waals surface area contributed by atoms with Crippen LogP contribution in [0.25, 0.3) is 0 Å². The van der Waals surface area contributed by atoms with Crippen LogP contribution in [0.1, 0.15) is 35.8 Å². The quantitative estimate of drug-likeness (QED) is 0.748. The van der Waals surface area contributed by atoms with Crippen molar-refractivity contribution in [1.29, 1.82) is 0 Å². The summed E-state index contributed by atoms with van der Waals surface area (Å²) in [5.41, 5.74) is 1.02.